The maximum absolute atomic E-state index is 12.1. The molecule has 2 heterocycles. The number of anilines is 1. The molecule has 7 nitrogen and oxygen atoms in total. The summed E-state index contributed by atoms with van der Waals surface area (Å²) in [4.78, 5) is 24.2. The summed E-state index contributed by atoms with van der Waals surface area (Å²) in [5.74, 6) is 0.164. The summed E-state index contributed by atoms with van der Waals surface area (Å²) in [6.07, 6.45) is 0. The topological polar surface area (TPSA) is 87.8 Å². The minimum atomic E-state index is -0.372. The van der Waals surface area contributed by atoms with E-state index < -0.39 is 0 Å². The molecule has 0 aliphatic rings. The Labute approximate surface area is 97.1 Å². The Kier molecular flexibility index (Phi) is 2.53. The van der Waals surface area contributed by atoms with Crippen LogP contribution in [0.4, 0.5) is 5.82 Å². The van der Waals surface area contributed by atoms with Gasteiger partial charge in [0.1, 0.15) is 11.0 Å². The van der Waals surface area contributed by atoms with E-state index in [9.17, 15) is 9.59 Å². The van der Waals surface area contributed by atoms with Crippen LogP contribution in [-0.2, 0) is 20.1 Å². The lowest BCUT2D eigenvalue weighted by molar-refractivity contribution is 0.595. The van der Waals surface area contributed by atoms with Crippen molar-refractivity contribution in [3.63, 3.8) is 0 Å². The van der Waals surface area contributed by atoms with Crippen molar-refractivity contribution in [1.29, 1.82) is 0 Å². The van der Waals surface area contributed by atoms with E-state index in [1.54, 1.807) is 14.0 Å². The van der Waals surface area contributed by atoms with Gasteiger partial charge in [0.15, 0.2) is 5.82 Å². The van der Waals surface area contributed by atoms with E-state index in [1.165, 1.54) is 13.8 Å². The van der Waals surface area contributed by atoms with Crippen molar-refractivity contribution < 1.29 is 0 Å². The van der Waals surface area contributed by atoms with Gasteiger partial charge in [0.2, 0.25) is 0 Å². The quantitative estimate of drug-likeness (QED) is 0.764. The molecule has 0 saturated carbocycles. The molecule has 0 saturated heterocycles. The normalized spacial score (nSPS) is 11.2. The summed E-state index contributed by atoms with van der Waals surface area (Å²) in [5, 5.41) is 4.31. The lowest BCUT2D eigenvalue weighted by Gasteiger charge is -2.09. The Morgan fingerprint density at radius 1 is 1.18 bits per heavy atom. The summed E-state index contributed by atoms with van der Waals surface area (Å²) in [5.41, 5.74) is 5.50. The summed E-state index contributed by atoms with van der Waals surface area (Å²) in [6, 6.07) is 0. The van der Waals surface area contributed by atoms with Gasteiger partial charge in [0, 0.05) is 20.1 Å². The second-order valence-electron chi connectivity index (χ2n) is 3.78. The molecule has 0 atom stereocenters. The van der Waals surface area contributed by atoms with Gasteiger partial charge in [-0.15, -0.1) is 0 Å². The van der Waals surface area contributed by atoms with Gasteiger partial charge in [-0.2, -0.15) is 5.10 Å². The zero-order chi connectivity index (χ0) is 12.7. The Morgan fingerprint density at radius 3 is 2.29 bits per heavy atom. The number of aromatic nitrogens is 4. The van der Waals surface area contributed by atoms with Crippen molar-refractivity contribution in [1.82, 2.24) is 18.9 Å². The fraction of sp³-hybridized carbons (Fsp3) is 0.500. The smallest absolute Gasteiger partial charge is 0.332 e. The minimum absolute atomic E-state index is 0.164. The second kappa shape index (κ2) is 3.76. The summed E-state index contributed by atoms with van der Waals surface area (Å²) >= 11 is 0. The van der Waals surface area contributed by atoms with Crippen molar-refractivity contribution in [2.75, 3.05) is 5.73 Å². The Hall–Kier alpha value is -2.05. The zero-order valence-electron chi connectivity index (χ0n) is 10.1. The average molecular weight is 237 g/mol. The van der Waals surface area contributed by atoms with Crippen molar-refractivity contribution in [3.05, 3.63) is 20.8 Å². The number of rotatable bonds is 2. The lowest BCUT2D eigenvalue weighted by Crippen LogP contribution is -2.39. The third kappa shape index (κ3) is 1.38. The van der Waals surface area contributed by atoms with Gasteiger partial charge in [0.05, 0.1) is 0 Å². The molecule has 2 aromatic heterocycles. The molecule has 2 N–H and O–H groups in total. The molecule has 92 valence electrons. The first kappa shape index (κ1) is 11.4. The predicted molar refractivity (Wildman–Crippen MR) is 65.0 cm³/mol. The number of aryl methyl sites for hydroxylation is 2. The molecule has 0 spiro atoms. The monoisotopic (exact) mass is 237 g/mol. The van der Waals surface area contributed by atoms with E-state index in [-0.39, 0.29) is 17.1 Å². The van der Waals surface area contributed by atoms with Crippen LogP contribution in [0.1, 0.15) is 13.8 Å². The molecular weight excluding hydrogens is 222 g/mol. The highest BCUT2D eigenvalue weighted by Gasteiger charge is 2.17. The first-order chi connectivity index (χ1) is 8.02. The van der Waals surface area contributed by atoms with Crippen LogP contribution >= 0.6 is 0 Å². The number of nitrogen functional groups attached to an aromatic ring is 1. The van der Waals surface area contributed by atoms with Gasteiger partial charge in [0.25, 0.3) is 5.56 Å². The van der Waals surface area contributed by atoms with Crippen LogP contribution in [0.15, 0.2) is 9.59 Å². The Balaban J connectivity index is 3.15. The fourth-order valence-electron chi connectivity index (χ4n) is 2.07. The van der Waals surface area contributed by atoms with E-state index in [2.05, 4.69) is 5.10 Å². The lowest BCUT2D eigenvalue weighted by atomic mass is 10.3. The maximum atomic E-state index is 12.1. The SMILES string of the molecule is CCn1c(=O)c2c(N)nn(C)c2n(CC)c1=O. The molecule has 2 rings (SSSR count). The molecule has 17 heavy (non-hydrogen) atoms. The highest BCUT2D eigenvalue weighted by atomic mass is 16.2. The molecule has 0 fully saturated rings. The predicted octanol–water partition coefficient (Wildman–Crippen LogP) is -0.481. The molecule has 0 aromatic carbocycles. The number of hydrogen-bond acceptors (Lipinski definition) is 4. The van der Waals surface area contributed by atoms with Crippen molar-refractivity contribution in [2.45, 2.75) is 26.9 Å². The van der Waals surface area contributed by atoms with Crippen LogP contribution in [0.5, 0.6) is 0 Å². The zero-order valence-corrected chi connectivity index (χ0v) is 10.1. The first-order valence-electron chi connectivity index (χ1n) is 5.48. The molecule has 0 amide bonds. The minimum Gasteiger partial charge on any atom is -0.381 e. The molecule has 0 aliphatic carbocycles. The Bertz CT molecular complexity index is 691. The van der Waals surface area contributed by atoms with E-state index in [4.69, 9.17) is 5.73 Å². The van der Waals surface area contributed by atoms with Gasteiger partial charge in [-0.3, -0.25) is 13.9 Å². The second-order valence-corrected chi connectivity index (χ2v) is 3.78. The van der Waals surface area contributed by atoms with Crippen LogP contribution < -0.4 is 17.0 Å². The number of fused-ring (bicyclic) bond motifs is 1. The van der Waals surface area contributed by atoms with Crippen LogP contribution in [0.25, 0.3) is 11.0 Å². The largest absolute Gasteiger partial charge is 0.381 e. The number of nitrogens with two attached hydrogens (primary N) is 1. The van der Waals surface area contributed by atoms with Crippen molar-refractivity contribution >= 4 is 16.9 Å². The molecular formula is C10H15N5O2. The van der Waals surface area contributed by atoms with Crippen LogP contribution in [0.3, 0.4) is 0 Å². The summed E-state index contributed by atoms with van der Waals surface area (Å²) in [7, 11) is 1.67. The van der Waals surface area contributed by atoms with Gasteiger partial charge < -0.3 is 5.73 Å². The molecule has 0 radical (unpaired) electrons. The number of hydrogen-bond donors (Lipinski definition) is 1. The van der Waals surface area contributed by atoms with Crippen molar-refractivity contribution in [3.8, 4) is 0 Å². The average Bonchev–Trinajstić information content (AvgIpc) is 2.56. The highest BCUT2D eigenvalue weighted by Crippen LogP contribution is 2.13. The van der Waals surface area contributed by atoms with E-state index in [1.807, 2.05) is 6.92 Å². The fourth-order valence-corrected chi connectivity index (χ4v) is 2.07. The molecule has 0 bridgehead atoms. The number of nitrogens with zero attached hydrogens (tertiary/aromatic N) is 4. The van der Waals surface area contributed by atoms with Crippen LogP contribution in [0, 0.1) is 0 Å². The molecule has 2 aromatic rings. The summed E-state index contributed by atoms with van der Waals surface area (Å²) < 4.78 is 4.14. The third-order valence-corrected chi connectivity index (χ3v) is 2.85. The first-order valence-corrected chi connectivity index (χ1v) is 5.48. The molecule has 7 heteroatoms. The Morgan fingerprint density at radius 2 is 1.76 bits per heavy atom. The van der Waals surface area contributed by atoms with E-state index >= 15 is 0 Å². The van der Waals surface area contributed by atoms with E-state index in [0.717, 1.165) is 0 Å². The standard InChI is InChI=1S/C10H15N5O2/c1-4-14-8-6(7(11)12-13(8)3)9(16)15(5-2)10(14)17/h4-5H2,1-3H3,(H2,11,12). The van der Waals surface area contributed by atoms with Crippen LogP contribution in [0.2, 0.25) is 0 Å². The van der Waals surface area contributed by atoms with Gasteiger partial charge in [-0.1, -0.05) is 0 Å². The van der Waals surface area contributed by atoms with Gasteiger partial charge >= 0.3 is 5.69 Å². The van der Waals surface area contributed by atoms with Crippen LogP contribution in [-0.4, -0.2) is 18.9 Å². The third-order valence-electron chi connectivity index (χ3n) is 2.85. The van der Waals surface area contributed by atoms with E-state index in [0.29, 0.717) is 24.1 Å². The molecule has 0 unspecified atom stereocenters. The van der Waals surface area contributed by atoms with Gasteiger partial charge in [-0.05, 0) is 13.8 Å². The summed E-state index contributed by atoms with van der Waals surface area (Å²) in [6.45, 7) is 4.38. The van der Waals surface area contributed by atoms with Gasteiger partial charge in [-0.25, -0.2) is 9.48 Å². The van der Waals surface area contributed by atoms with Crippen molar-refractivity contribution in [2.24, 2.45) is 7.05 Å². The highest BCUT2D eigenvalue weighted by molar-refractivity contribution is 5.85. The molecule has 0 aliphatic heterocycles. The maximum Gasteiger partial charge on any atom is 0.332 e.